The Hall–Kier alpha value is -2.25. The molecule has 0 radical (unpaired) electrons. The van der Waals surface area contributed by atoms with Crippen molar-refractivity contribution in [1.82, 2.24) is 4.90 Å². The zero-order valence-electron chi connectivity index (χ0n) is 14.7. The average Bonchev–Trinajstić information content (AvgIpc) is 3.04. The van der Waals surface area contributed by atoms with Gasteiger partial charge in [0.05, 0.1) is 0 Å². The molecule has 2 aliphatic rings. The van der Waals surface area contributed by atoms with Crippen molar-refractivity contribution in [3.05, 3.63) is 58.9 Å². The zero-order chi connectivity index (χ0) is 19.4. The van der Waals surface area contributed by atoms with Crippen LogP contribution in [0.5, 0.6) is 0 Å². The second-order valence-corrected chi connectivity index (χ2v) is 9.51. The van der Waals surface area contributed by atoms with Gasteiger partial charge in [-0.3, -0.25) is 9.69 Å². The number of benzene rings is 2. The molecule has 0 aromatic heterocycles. The van der Waals surface area contributed by atoms with Gasteiger partial charge in [-0.05, 0) is 56.3 Å². The molecule has 2 aliphatic heterocycles. The highest BCUT2D eigenvalue weighted by Crippen LogP contribution is 2.58. The van der Waals surface area contributed by atoms with Gasteiger partial charge in [0.2, 0.25) is 0 Å². The Labute approximate surface area is 165 Å². The number of carbonyl (C=O) groups excluding carboxylic acids is 2. The summed E-state index contributed by atoms with van der Waals surface area (Å²) in [6.07, 6.45) is 0. The molecule has 2 aromatic rings. The molecule has 8 heteroatoms. The number of halogens is 2. The summed E-state index contributed by atoms with van der Waals surface area (Å²) < 4.78 is 12.8. The van der Waals surface area contributed by atoms with Crippen molar-refractivity contribution in [2.75, 3.05) is 17.2 Å². The van der Waals surface area contributed by atoms with Crippen molar-refractivity contribution in [3.63, 3.8) is 0 Å². The zero-order valence-corrected chi connectivity index (χ0v) is 16.2. The van der Waals surface area contributed by atoms with E-state index in [1.54, 1.807) is 18.2 Å². The molecule has 1 saturated heterocycles. The molecule has 0 unspecified atom stereocenters. The third-order valence-corrected chi connectivity index (χ3v) is 6.42. The Morgan fingerprint density at radius 3 is 2.67 bits per heavy atom. The highest BCUT2D eigenvalue weighted by atomic mass is 35.5. The van der Waals surface area contributed by atoms with E-state index in [0.717, 1.165) is 0 Å². The molecule has 3 amide bonds. The first kappa shape index (κ1) is 18.1. The fourth-order valence-electron chi connectivity index (χ4n) is 3.52. The lowest BCUT2D eigenvalue weighted by Gasteiger charge is -2.32. The topological polar surface area (TPSA) is 61.4 Å². The maximum atomic E-state index is 13.1. The molecule has 2 heterocycles. The van der Waals surface area contributed by atoms with Crippen molar-refractivity contribution in [1.29, 1.82) is 0 Å². The minimum absolute atomic E-state index is 0.274. The van der Waals surface area contributed by atoms with Crippen LogP contribution >= 0.6 is 23.4 Å². The van der Waals surface area contributed by atoms with E-state index in [9.17, 15) is 14.0 Å². The number of hydrogen-bond acceptors (Lipinski definition) is 3. The molecule has 0 saturated carbocycles. The molecule has 5 nitrogen and oxygen atoms in total. The third-order valence-electron chi connectivity index (χ3n) is 4.59. The molecule has 2 N–H and O–H groups in total. The molecule has 0 bridgehead atoms. The summed E-state index contributed by atoms with van der Waals surface area (Å²) in [5, 5.41) is 6.12. The average molecular weight is 406 g/mol. The van der Waals surface area contributed by atoms with Crippen LogP contribution in [0.1, 0.15) is 19.4 Å². The summed E-state index contributed by atoms with van der Waals surface area (Å²) in [6, 6.07) is 10.2. The lowest BCUT2D eigenvalue weighted by molar-refractivity contribution is -0.121. The van der Waals surface area contributed by atoms with Gasteiger partial charge < -0.3 is 10.6 Å². The van der Waals surface area contributed by atoms with Crippen LogP contribution in [0.15, 0.2) is 42.5 Å². The standard InChI is InChI=1S/C19H17ClFN3O2S/c1-18(2)10-24(17(26)22-13-6-4-12(21)5-7-13)19(27-18)14-9-11(20)3-8-15(14)23-16(19)25/h3-9H,10H2,1-2H3,(H,22,26)(H,23,25)/t19-/m1/s1. The molecular formula is C19H17ClFN3O2S. The van der Waals surface area contributed by atoms with E-state index in [2.05, 4.69) is 10.6 Å². The van der Waals surface area contributed by atoms with Crippen molar-refractivity contribution in [3.8, 4) is 0 Å². The quantitative estimate of drug-likeness (QED) is 0.726. The SMILES string of the molecule is CC1(C)CN(C(=O)Nc2ccc(F)cc2)[C@]2(S1)C(=O)Nc1ccc(Cl)cc12. The van der Waals surface area contributed by atoms with Gasteiger partial charge in [-0.2, -0.15) is 0 Å². The van der Waals surface area contributed by atoms with Gasteiger partial charge in [0.15, 0.2) is 4.87 Å². The van der Waals surface area contributed by atoms with E-state index in [4.69, 9.17) is 11.6 Å². The van der Waals surface area contributed by atoms with Gasteiger partial charge in [0.1, 0.15) is 5.82 Å². The van der Waals surface area contributed by atoms with E-state index in [0.29, 0.717) is 28.5 Å². The summed E-state index contributed by atoms with van der Waals surface area (Å²) in [7, 11) is 0. The minimum Gasteiger partial charge on any atom is -0.323 e. The monoisotopic (exact) mass is 405 g/mol. The van der Waals surface area contributed by atoms with E-state index >= 15 is 0 Å². The van der Waals surface area contributed by atoms with E-state index in [1.165, 1.54) is 40.9 Å². The molecule has 0 aliphatic carbocycles. The van der Waals surface area contributed by atoms with Gasteiger partial charge >= 0.3 is 6.03 Å². The molecular weight excluding hydrogens is 389 g/mol. The largest absolute Gasteiger partial charge is 0.323 e. The van der Waals surface area contributed by atoms with Gasteiger partial charge in [-0.1, -0.05) is 11.6 Å². The fourth-order valence-corrected chi connectivity index (χ4v) is 5.37. The number of nitrogens with one attached hydrogen (secondary N) is 2. The first-order valence-corrected chi connectivity index (χ1v) is 9.57. The van der Waals surface area contributed by atoms with E-state index in [-0.39, 0.29) is 16.5 Å². The highest BCUT2D eigenvalue weighted by molar-refractivity contribution is 8.02. The van der Waals surface area contributed by atoms with Crippen molar-refractivity contribution < 1.29 is 14.0 Å². The Balaban J connectivity index is 1.75. The van der Waals surface area contributed by atoms with Crippen LogP contribution in [0.4, 0.5) is 20.6 Å². The van der Waals surface area contributed by atoms with Crippen molar-refractivity contribution in [2.24, 2.45) is 0 Å². The number of nitrogens with zero attached hydrogens (tertiary/aromatic N) is 1. The normalized spacial score (nSPS) is 22.7. The van der Waals surface area contributed by atoms with Crippen LogP contribution in [0.3, 0.4) is 0 Å². The predicted molar refractivity (Wildman–Crippen MR) is 106 cm³/mol. The molecule has 140 valence electrons. The van der Waals surface area contributed by atoms with Gasteiger partial charge in [-0.25, -0.2) is 9.18 Å². The van der Waals surface area contributed by atoms with Gasteiger partial charge in [-0.15, -0.1) is 11.8 Å². The molecule has 1 atom stereocenters. The summed E-state index contributed by atoms with van der Waals surface area (Å²) in [6.45, 7) is 4.34. The maximum absolute atomic E-state index is 13.1. The highest BCUT2D eigenvalue weighted by Gasteiger charge is 2.61. The summed E-state index contributed by atoms with van der Waals surface area (Å²) in [5.41, 5.74) is 1.77. The van der Waals surface area contributed by atoms with E-state index in [1.807, 2.05) is 13.8 Å². The smallest absolute Gasteiger partial charge is 0.323 e. The van der Waals surface area contributed by atoms with Crippen LogP contribution in [-0.4, -0.2) is 28.1 Å². The predicted octanol–water partition coefficient (Wildman–Crippen LogP) is 4.64. The van der Waals surface area contributed by atoms with Crippen LogP contribution in [0.2, 0.25) is 5.02 Å². The molecule has 27 heavy (non-hydrogen) atoms. The number of fused-ring (bicyclic) bond motifs is 2. The number of anilines is 2. The number of rotatable bonds is 1. The number of urea groups is 1. The van der Waals surface area contributed by atoms with Crippen LogP contribution in [0, 0.1) is 5.82 Å². The Morgan fingerprint density at radius 1 is 1.26 bits per heavy atom. The van der Waals surface area contributed by atoms with Crippen molar-refractivity contribution >= 4 is 46.7 Å². The minimum atomic E-state index is -1.20. The lowest BCUT2D eigenvalue weighted by Crippen LogP contribution is -2.49. The van der Waals surface area contributed by atoms with E-state index < -0.39 is 10.9 Å². The molecule has 2 aromatic carbocycles. The molecule has 1 spiro atoms. The van der Waals surface area contributed by atoms with Crippen molar-refractivity contribution in [2.45, 2.75) is 23.5 Å². The number of thioether (sulfide) groups is 1. The number of amides is 3. The summed E-state index contributed by atoms with van der Waals surface area (Å²) in [5.74, 6) is -0.661. The second-order valence-electron chi connectivity index (χ2n) is 7.17. The lowest BCUT2D eigenvalue weighted by atomic mass is 10.0. The molecule has 4 rings (SSSR count). The summed E-state index contributed by atoms with van der Waals surface area (Å²) >= 11 is 7.59. The maximum Gasteiger partial charge on any atom is 0.323 e. The van der Waals surface area contributed by atoms with Crippen LogP contribution in [-0.2, 0) is 9.67 Å². The first-order chi connectivity index (χ1) is 12.7. The molecule has 1 fully saturated rings. The number of hydrogen-bond donors (Lipinski definition) is 2. The van der Waals surface area contributed by atoms with Crippen LogP contribution < -0.4 is 10.6 Å². The Bertz CT molecular complexity index is 950. The van der Waals surface area contributed by atoms with Gasteiger partial charge in [0.25, 0.3) is 5.91 Å². The second kappa shape index (κ2) is 6.14. The Morgan fingerprint density at radius 2 is 1.96 bits per heavy atom. The first-order valence-electron chi connectivity index (χ1n) is 8.37. The Kier molecular flexibility index (Phi) is 4.12. The van der Waals surface area contributed by atoms with Crippen LogP contribution in [0.25, 0.3) is 0 Å². The fraction of sp³-hybridized carbons (Fsp3) is 0.263. The van der Waals surface area contributed by atoms with Gasteiger partial charge in [0, 0.05) is 33.3 Å². The third kappa shape index (κ3) is 2.95. The number of carbonyl (C=O) groups is 2. The summed E-state index contributed by atoms with van der Waals surface area (Å²) in [4.78, 5) is 26.4.